The monoisotopic (exact) mass is 278 g/mol. The lowest BCUT2D eigenvalue weighted by Gasteiger charge is -2.45. The molecule has 1 aliphatic carbocycles. The van der Waals surface area contributed by atoms with Crippen LogP contribution in [0.4, 0.5) is 0 Å². The first kappa shape index (κ1) is 15.9. The van der Waals surface area contributed by atoms with Crippen LogP contribution in [0.5, 0.6) is 0 Å². The van der Waals surface area contributed by atoms with Crippen molar-refractivity contribution >= 4 is 9.84 Å². The first-order valence-corrected chi connectivity index (χ1v) is 8.57. The number of sulfone groups is 1. The van der Waals surface area contributed by atoms with Crippen LogP contribution >= 0.6 is 0 Å². The number of aliphatic hydroxyl groups excluding tert-OH is 1. The lowest BCUT2D eigenvalue weighted by atomic mass is 9.68. The lowest BCUT2D eigenvalue weighted by molar-refractivity contribution is -0.136. The maximum Gasteiger partial charge on any atom is 0.147 e. The molecule has 0 amide bonds. The molecule has 0 aliphatic heterocycles. The van der Waals surface area contributed by atoms with Gasteiger partial charge in [0.05, 0.1) is 17.5 Å². The molecule has 0 aromatic heterocycles. The van der Waals surface area contributed by atoms with Gasteiger partial charge < -0.3 is 9.84 Å². The van der Waals surface area contributed by atoms with E-state index in [1.165, 1.54) is 6.26 Å². The maximum absolute atomic E-state index is 11.2. The van der Waals surface area contributed by atoms with Crippen LogP contribution < -0.4 is 0 Å². The van der Waals surface area contributed by atoms with E-state index in [4.69, 9.17) is 4.74 Å². The zero-order chi connectivity index (χ0) is 14.0. The van der Waals surface area contributed by atoms with Crippen molar-refractivity contribution in [2.75, 3.05) is 19.1 Å². The van der Waals surface area contributed by atoms with Crippen LogP contribution in [0.3, 0.4) is 0 Å². The van der Waals surface area contributed by atoms with Crippen molar-refractivity contribution in [2.45, 2.75) is 57.7 Å². The summed E-state index contributed by atoms with van der Waals surface area (Å²) in [5.41, 5.74) is -0.265. The van der Waals surface area contributed by atoms with Gasteiger partial charge in [-0.3, -0.25) is 0 Å². The van der Waals surface area contributed by atoms with Crippen LogP contribution in [0.2, 0.25) is 0 Å². The van der Waals surface area contributed by atoms with Gasteiger partial charge in [0, 0.05) is 13.4 Å². The van der Waals surface area contributed by atoms with Crippen LogP contribution in [0.25, 0.3) is 0 Å². The fraction of sp³-hybridized carbons (Fsp3) is 1.00. The van der Waals surface area contributed by atoms with E-state index in [2.05, 4.69) is 13.8 Å². The molecule has 0 heterocycles. The molecule has 0 radical (unpaired) electrons. The van der Waals surface area contributed by atoms with E-state index < -0.39 is 21.5 Å². The van der Waals surface area contributed by atoms with Crippen LogP contribution in [-0.4, -0.2) is 44.3 Å². The normalized spacial score (nSPS) is 24.7. The van der Waals surface area contributed by atoms with Crippen molar-refractivity contribution in [1.82, 2.24) is 0 Å². The molecule has 1 fully saturated rings. The lowest BCUT2D eigenvalue weighted by Crippen LogP contribution is -2.48. The predicted octanol–water partition coefficient (Wildman–Crippen LogP) is 1.77. The van der Waals surface area contributed by atoms with Gasteiger partial charge in [0.2, 0.25) is 0 Å². The summed E-state index contributed by atoms with van der Waals surface area (Å²) in [6.45, 7) is 4.44. The third-order valence-corrected chi connectivity index (χ3v) is 5.20. The highest BCUT2D eigenvalue weighted by Crippen LogP contribution is 2.43. The Balaban J connectivity index is 2.65. The van der Waals surface area contributed by atoms with Gasteiger partial charge in [0.15, 0.2) is 0 Å². The molecule has 18 heavy (non-hydrogen) atoms. The van der Waals surface area contributed by atoms with Gasteiger partial charge in [-0.05, 0) is 37.5 Å². The molecule has 1 saturated carbocycles. The van der Waals surface area contributed by atoms with Gasteiger partial charge in [-0.1, -0.05) is 13.8 Å². The minimum absolute atomic E-state index is 0.0165. The fourth-order valence-corrected chi connectivity index (χ4v) is 3.26. The Morgan fingerprint density at radius 2 is 1.72 bits per heavy atom. The van der Waals surface area contributed by atoms with E-state index >= 15 is 0 Å². The van der Waals surface area contributed by atoms with E-state index in [9.17, 15) is 13.5 Å². The van der Waals surface area contributed by atoms with Crippen LogP contribution in [0.1, 0.15) is 46.0 Å². The van der Waals surface area contributed by atoms with Gasteiger partial charge in [-0.25, -0.2) is 8.42 Å². The highest BCUT2D eigenvalue weighted by atomic mass is 32.2. The van der Waals surface area contributed by atoms with Crippen molar-refractivity contribution in [3.8, 4) is 0 Å². The third-order valence-electron chi connectivity index (χ3n) is 4.23. The summed E-state index contributed by atoms with van der Waals surface area (Å²) < 4.78 is 27.9. The van der Waals surface area contributed by atoms with Gasteiger partial charge in [-0.15, -0.1) is 0 Å². The highest BCUT2D eigenvalue weighted by Gasteiger charge is 2.43. The van der Waals surface area contributed by atoms with E-state index in [1.54, 1.807) is 7.11 Å². The Kier molecular flexibility index (Phi) is 4.84. The molecule has 1 aliphatic rings. The second-order valence-corrected chi connectivity index (χ2v) is 8.63. The molecule has 0 aromatic rings. The summed E-state index contributed by atoms with van der Waals surface area (Å²) >= 11 is 0. The maximum atomic E-state index is 11.2. The smallest absolute Gasteiger partial charge is 0.147 e. The zero-order valence-corrected chi connectivity index (χ0v) is 12.7. The average molecular weight is 278 g/mol. The molecule has 5 heteroatoms. The Morgan fingerprint density at radius 1 is 1.22 bits per heavy atom. The quantitative estimate of drug-likeness (QED) is 0.832. The van der Waals surface area contributed by atoms with Crippen LogP contribution in [0.15, 0.2) is 0 Å². The third kappa shape index (κ3) is 4.21. The molecule has 4 nitrogen and oxygen atoms in total. The predicted molar refractivity (Wildman–Crippen MR) is 72.3 cm³/mol. The number of hydrogen-bond acceptors (Lipinski definition) is 4. The summed E-state index contributed by atoms with van der Waals surface area (Å²) in [6.07, 6.45) is 4.33. The van der Waals surface area contributed by atoms with Crippen molar-refractivity contribution in [3.63, 3.8) is 0 Å². The highest BCUT2D eigenvalue weighted by molar-refractivity contribution is 7.90. The molecule has 0 saturated heterocycles. The number of ether oxygens (including phenoxy) is 1. The number of hydrogen-bond donors (Lipinski definition) is 1. The SMILES string of the molecule is COC1(C(O)CCS(C)(=O)=O)CCC(C)(C)CC1. The summed E-state index contributed by atoms with van der Waals surface area (Å²) in [5.74, 6) is 0.0165. The minimum Gasteiger partial charge on any atom is -0.390 e. The summed E-state index contributed by atoms with van der Waals surface area (Å²) in [7, 11) is -1.42. The molecule has 1 N–H and O–H groups in total. The largest absolute Gasteiger partial charge is 0.390 e. The molecular weight excluding hydrogens is 252 g/mol. The van der Waals surface area contributed by atoms with Crippen molar-refractivity contribution in [3.05, 3.63) is 0 Å². The van der Waals surface area contributed by atoms with E-state index in [0.29, 0.717) is 5.41 Å². The number of methoxy groups -OCH3 is 1. The average Bonchev–Trinajstić information content (AvgIpc) is 2.26. The standard InChI is InChI=1S/C13H26O4S/c1-12(2)6-8-13(17-3,9-7-12)11(14)5-10-18(4,15)16/h11,14H,5-10H2,1-4H3. The van der Waals surface area contributed by atoms with Crippen molar-refractivity contribution in [1.29, 1.82) is 0 Å². The number of rotatable bonds is 5. The fourth-order valence-electron chi connectivity index (χ4n) is 2.61. The second kappa shape index (κ2) is 5.47. The molecule has 0 aromatic carbocycles. The minimum atomic E-state index is -3.03. The topological polar surface area (TPSA) is 63.6 Å². The molecule has 1 rings (SSSR count). The Hall–Kier alpha value is -0.130. The van der Waals surface area contributed by atoms with Gasteiger partial charge >= 0.3 is 0 Å². The van der Waals surface area contributed by atoms with Gasteiger partial charge in [0.1, 0.15) is 9.84 Å². The number of aliphatic hydroxyl groups is 1. The molecule has 1 atom stereocenters. The molecule has 0 bridgehead atoms. The van der Waals surface area contributed by atoms with Crippen LogP contribution in [-0.2, 0) is 14.6 Å². The Morgan fingerprint density at radius 3 is 2.11 bits per heavy atom. The molecule has 1 unspecified atom stereocenters. The van der Waals surface area contributed by atoms with Gasteiger partial charge in [-0.2, -0.15) is 0 Å². The van der Waals surface area contributed by atoms with E-state index in [0.717, 1.165) is 25.7 Å². The van der Waals surface area contributed by atoms with Crippen molar-refractivity contribution in [2.24, 2.45) is 5.41 Å². The first-order chi connectivity index (χ1) is 8.10. The molecule has 0 spiro atoms. The molecule has 108 valence electrons. The van der Waals surface area contributed by atoms with Crippen LogP contribution in [0, 0.1) is 5.41 Å². The summed E-state index contributed by atoms with van der Waals surface area (Å²) in [6, 6.07) is 0. The zero-order valence-electron chi connectivity index (χ0n) is 11.9. The summed E-state index contributed by atoms with van der Waals surface area (Å²) in [4.78, 5) is 0. The summed E-state index contributed by atoms with van der Waals surface area (Å²) in [5, 5.41) is 10.3. The van der Waals surface area contributed by atoms with E-state index in [-0.39, 0.29) is 12.2 Å². The first-order valence-electron chi connectivity index (χ1n) is 6.51. The second-order valence-electron chi connectivity index (χ2n) is 6.37. The van der Waals surface area contributed by atoms with E-state index in [1.807, 2.05) is 0 Å². The van der Waals surface area contributed by atoms with Gasteiger partial charge in [0.25, 0.3) is 0 Å². The molecular formula is C13H26O4S. The van der Waals surface area contributed by atoms with Crippen molar-refractivity contribution < 1.29 is 18.3 Å². The Labute approximate surface area is 111 Å². The Bertz CT molecular complexity index is 362.